The van der Waals surface area contributed by atoms with Crippen LogP contribution < -0.4 is 5.32 Å². The molecule has 0 aromatic heterocycles. The van der Waals surface area contributed by atoms with Gasteiger partial charge in [0.2, 0.25) is 0 Å². The molecule has 0 radical (unpaired) electrons. The second-order valence-corrected chi connectivity index (χ2v) is 7.88. The molecule has 0 amide bonds. The quantitative estimate of drug-likeness (QED) is 0.848. The summed E-state index contributed by atoms with van der Waals surface area (Å²) in [6.07, 6.45) is 0. The number of hydrogen-bond donors (Lipinski definition) is 1. The zero-order chi connectivity index (χ0) is 15.3. The Morgan fingerprint density at radius 3 is 2.29 bits per heavy atom. The topological polar surface area (TPSA) is 46.2 Å². The molecule has 0 aliphatic heterocycles. The number of halogens is 1. The number of benzene rings is 2. The van der Waals surface area contributed by atoms with E-state index in [1.54, 1.807) is 24.3 Å². The minimum absolute atomic E-state index is 0.0891. The molecule has 0 saturated heterocycles. The van der Waals surface area contributed by atoms with Crippen molar-refractivity contribution in [2.75, 3.05) is 12.3 Å². The van der Waals surface area contributed by atoms with Gasteiger partial charge in [-0.25, -0.2) is 8.42 Å². The van der Waals surface area contributed by atoms with Gasteiger partial charge in [-0.1, -0.05) is 46.3 Å². The summed E-state index contributed by atoms with van der Waals surface area (Å²) in [7, 11) is -3.24. The highest BCUT2D eigenvalue weighted by molar-refractivity contribution is 9.10. The molecule has 21 heavy (non-hydrogen) atoms. The Morgan fingerprint density at radius 1 is 1.05 bits per heavy atom. The predicted molar refractivity (Wildman–Crippen MR) is 89.1 cm³/mol. The Kier molecular flexibility index (Phi) is 5.56. The van der Waals surface area contributed by atoms with Gasteiger partial charge in [0.15, 0.2) is 9.84 Å². The third kappa shape index (κ3) is 4.66. The molecule has 5 heteroatoms. The molecular formula is C16H18BrNO2S. The number of hydrogen-bond acceptors (Lipinski definition) is 3. The van der Waals surface area contributed by atoms with E-state index in [9.17, 15) is 8.42 Å². The number of sulfone groups is 1. The van der Waals surface area contributed by atoms with E-state index >= 15 is 0 Å². The van der Waals surface area contributed by atoms with Gasteiger partial charge in [-0.05, 0) is 36.8 Å². The first-order valence-corrected chi connectivity index (χ1v) is 9.20. The molecule has 1 atom stereocenters. The maximum atomic E-state index is 12.2. The summed E-state index contributed by atoms with van der Waals surface area (Å²) >= 11 is 3.30. The van der Waals surface area contributed by atoms with E-state index < -0.39 is 9.84 Å². The second kappa shape index (κ2) is 7.20. The summed E-state index contributed by atoms with van der Waals surface area (Å²) < 4.78 is 25.3. The molecular weight excluding hydrogens is 350 g/mol. The zero-order valence-electron chi connectivity index (χ0n) is 11.8. The van der Waals surface area contributed by atoms with Crippen LogP contribution in [0.1, 0.15) is 18.5 Å². The molecule has 0 fully saturated rings. The van der Waals surface area contributed by atoms with Gasteiger partial charge in [-0.15, -0.1) is 0 Å². The molecule has 0 saturated carbocycles. The molecule has 0 unspecified atom stereocenters. The van der Waals surface area contributed by atoms with Crippen LogP contribution in [0.15, 0.2) is 64.0 Å². The molecule has 0 aliphatic carbocycles. The van der Waals surface area contributed by atoms with Crippen LogP contribution in [0.4, 0.5) is 0 Å². The monoisotopic (exact) mass is 367 g/mol. The van der Waals surface area contributed by atoms with Crippen molar-refractivity contribution < 1.29 is 8.42 Å². The van der Waals surface area contributed by atoms with Crippen LogP contribution in [0.25, 0.3) is 0 Å². The average molecular weight is 368 g/mol. The maximum Gasteiger partial charge on any atom is 0.179 e. The van der Waals surface area contributed by atoms with Crippen molar-refractivity contribution in [2.24, 2.45) is 0 Å². The summed E-state index contributed by atoms with van der Waals surface area (Å²) in [4.78, 5) is 0.361. The van der Waals surface area contributed by atoms with Crippen molar-refractivity contribution in [1.29, 1.82) is 0 Å². The lowest BCUT2D eigenvalue weighted by Crippen LogP contribution is -2.25. The van der Waals surface area contributed by atoms with E-state index in [0.717, 1.165) is 10.0 Å². The van der Waals surface area contributed by atoms with Crippen molar-refractivity contribution in [3.05, 3.63) is 64.6 Å². The van der Waals surface area contributed by atoms with Crippen molar-refractivity contribution >= 4 is 25.8 Å². The molecule has 2 aromatic carbocycles. The Morgan fingerprint density at radius 2 is 1.67 bits per heavy atom. The van der Waals surface area contributed by atoms with E-state index in [0.29, 0.717) is 11.4 Å². The first kappa shape index (κ1) is 16.2. The fraction of sp³-hybridized carbons (Fsp3) is 0.250. The van der Waals surface area contributed by atoms with E-state index in [2.05, 4.69) is 21.2 Å². The first-order valence-electron chi connectivity index (χ1n) is 6.76. The van der Waals surface area contributed by atoms with Crippen LogP contribution in [0, 0.1) is 0 Å². The standard InChI is InChI=1S/C16H18BrNO2S/c1-13(14-5-3-2-4-6-14)18-11-12-21(19,20)16-9-7-15(17)8-10-16/h2-10,13,18H,11-12H2,1H3/t13-/m0/s1. The van der Waals surface area contributed by atoms with Gasteiger partial charge >= 0.3 is 0 Å². The van der Waals surface area contributed by atoms with Crippen LogP contribution in [0.5, 0.6) is 0 Å². The van der Waals surface area contributed by atoms with E-state index in [1.165, 1.54) is 0 Å². The van der Waals surface area contributed by atoms with Gasteiger partial charge in [0.1, 0.15) is 0 Å². The van der Waals surface area contributed by atoms with Gasteiger partial charge in [-0.3, -0.25) is 0 Å². The number of nitrogens with one attached hydrogen (secondary N) is 1. The van der Waals surface area contributed by atoms with Crippen LogP contribution in [0.3, 0.4) is 0 Å². The average Bonchev–Trinajstić information content (AvgIpc) is 2.48. The SMILES string of the molecule is C[C@H](NCCS(=O)(=O)c1ccc(Br)cc1)c1ccccc1. The van der Waals surface area contributed by atoms with Crippen LogP contribution in [-0.2, 0) is 9.84 Å². The van der Waals surface area contributed by atoms with Gasteiger partial charge in [0, 0.05) is 17.1 Å². The molecule has 1 N–H and O–H groups in total. The molecule has 112 valence electrons. The third-order valence-corrected chi connectivity index (χ3v) is 5.55. The van der Waals surface area contributed by atoms with Crippen LogP contribution in [-0.4, -0.2) is 20.7 Å². The fourth-order valence-corrected chi connectivity index (χ4v) is 3.47. The first-order chi connectivity index (χ1) is 9.99. The summed E-state index contributed by atoms with van der Waals surface area (Å²) in [6.45, 7) is 2.45. The number of rotatable bonds is 6. The highest BCUT2D eigenvalue weighted by Gasteiger charge is 2.14. The van der Waals surface area contributed by atoms with Crippen molar-refractivity contribution in [2.45, 2.75) is 17.9 Å². The van der Waals surface area contributed by atoms with Crippen molar-refractivity contribution in [1.82, 2.24) is 5.32 Å². The van der Waals surface area contributed by atoms with Crippen molar-refractivity contribution in [3.63, 3.8) is 0 Å². The summed E-state index contributed by atoms with van der Waals surface area (Å²) in [5, 5.41) is 3.25. The summed E-state index contributed by atoms with van der Waals surface area (Å²) in [6, 6.07) is 16.8. The van der Waals surface area contributed by atoms with Crippen molar-refractivity contribution in [3.8, 4) is 0 Å². The Hall–Kier alpha value is -1.17. The fourth-order valence-electron chi connectivity index (χ4n) is 2.03. The molecule has 0 heterocycles. The van der Waals surface area contributed by atoms with Gasteiger partial charge in [0.25, 0.3) is 0 Å². The minimum atomic E-state index is -3.24. The second-order valence-electron chi connectivity index (χ2n) is 4.86. The van der Waals surface area contributed by atoms with E-state index in [-0.39, 0.29) is 11.8 Å². The molecule has 0 spiro atoms. The highest BCUT2D eigenvalue weighted by atomic mass is 79.9. The summed E-state index contributed by atoms with van der Waals surface area (Å²) in [5.41, 5.74) is 1.15. The lowest BCUT2D eigenvalue weighted by Gasteiger charge is -2.14. The van der Waals surface area contributed by atoms with Gasteiger partial charge < -0.3 is 5.32 Å². The van der Waals surface area contributed by atoms with E-state index in [4.69, 9.17) is 0 Å². The van der Waals surface area contributed by atoms with Gasteiger partial charge in [0.05, 0.1) is 10.6 Å². The molecule has 2 aromatic rings. The predicted octanol–water partition coefficient (Wildman–Crippen LogP) is 3.57. The molecule has 0 bridgehead atoms. The Bertz CT molecular complexity index is 669. The highest BCUT2D eigenvalue weighted by Crippen LogP contribution is 2.16. The normalized spacial score (nSPS) is 13.0. The molecule has 0 aliphatic rings. The molecule has 3 nitrogen and oxygen atoms in total. The smallest absolute Gasteiger partial charge is 0.179 e. The Labute approximate surface area is 134 Å². The zero-order valence-corrected chi connectivity index (χ0v) is 14.2. The van der Waals surface area contributed by atoms with E-state index in [1.807, 2.05) is 37.3 Å². The third-order valence-electron chi connectivity index (χ3n) is 3.29. The van der Waals surface area contributed by atoms with Gasteiger partial charge in [-0.2, -0.15) is 0 Å². The van der Waals surface area contributed by atoms with Crippen LogP contribution in [0.2, 0.25) is 0 Å². The van der Waals surface area contributed by atoms with Crippen LogP contribution >= 0.6 is 15.9 Å². The molecule has 2 rings (SSSR count). The summed E-state index contributed by atoms with van der Waals surface area (Å²) in [5.74, 6) is 0.0891. The minimum Gasteiger partial charge on any atom is -0.309 e. The largest absolute Gasteiger partial charge is 0.309 e. The lowest BCUT2D eigenvalue weighted by molar-refractivity contribution is 0.572. The maximum absolute atomic E-state index is 12.2. The lowest BCUT2D eigenvalue weighted by atomic mass is 10.1. The Balaban J connectivity index is 1.92.